The van der Waals surface area contributed by atoms with Crippen molar-refractivity contribution >= 4 is 45.2 Å². The maximum Gasteiger partial charge on any atom is 0.160 e. The highest BCUT2D eigenvalue weighted by molar-refractivity contribution is 5.94. The molecule has 7 heteroatoms. The van der Waals surface area contributed by atoms with Gasteiger partial charge in [-0.15, -0.1) is 0 Å². The first-order chi connectivity index (χ1) is 13.7. The normalized spacial score (nSPS) is 10.6. The van der Waals surface area contributed by atoms with E-state index in [2.05, 4.69) is 26.1 Å². The van der Waals surface area contributed by atoms with Crippen LogP contribution in [0.3, 0.4) is 0 Å². The Morgan fingerprint density at radius 2 is 1.75 bits per heavy atom. The van der Waals surface area contributed by atoms with Crippen molar-refractivity contribution in [2.75, 3.05) is 35.8 Å². The second kappa shape index (κ2) is 7.40. The molecule has 0 aliphatic carbocycles. The first-order valence-electron chi connectivity index (χ1n) is 8.90. The minimum absolute atomic E-state index is 0.625. The molecule has 4 aromatic rings. The van der Waals surface area contributed by atoms with Crippen molar-refractivity contribution in [2.45, 2.75) is 0 Å². The minimum Gasteiger partial charge on any atom is -0.494 e. The Kier molecular flexibility index (Phi) is 4.63. The maximum absolute atomic E-state index is 6.10. The Bertz CT molecular complexity index is 1110. The number of nitrogens with two attached hydrogens (primary N) is 1. The zero-order valence-corrected chi connectivity index (χ0v) is 15.7. The number of hydrogen-bond acceptors (Lipinski definition) is 6. The van der Waals surface area contributed by atoms with Crippen LogP contribution in [-0.4, -0.2) is 24.4 Å². The molecule has 0 saturated heterocycles. The van der Waals surface area contributed by atoms with Gasteiger partial charge in [0.1, 0.15) is 5.75 Å². The number of anilines is 6. The first kappa shape index (κ1) is 17.5. The summed E-state index contributed by atoms with van der Waals surface area (Å²) in [4.78, 5) is 0. The molecule has 142 valence electrons. The molecule has 0 aliphatic rings. The van der Waals surface area contributed by atoms with Crippen molar-refractivity contribution in [1.82, 2.24) is 10.2 Å². The van der Waals surface area contributed by atoms with Gasteiger partial charge in [0.05, 0.1) is 29.7 Å². The van der Waals surface area contributed by atoms with Gasteiger partial charge in [-0.3, -0.25) is 5.10 Å². The fraction of sp³-hybridized carbons (Fsp3) is 0.0952. The predicted molar refractivity (Wildman–Crippen MR) is 116 cm³/mol. The number of benzene rings is 3. The number of methoxy groups -OCH3 is 1. The third-order valence-corrected chi connectivity index (χ3v) is 4.52. The van der Waals surface area contributed by atoms with Crippen molar-refractivity contribution in [3.8, 4) is 5.75 Å². The average molecular weight is 374 g/mol. The fourth-order valence-electron chi connectivity index (χ4n) is 3.09. The van der Waals surface area contributed by atoms with Crippen LogP contribution in [-0.2, 0) is 0 Å². The summed E-state index contributed by atoms with van der Waals surface area (Å²) in [7, 11) is 3.45. The summed E-state index contributed by atoms with van der Waals surface area (Å²) in [6.07, 6.45) is 0. The molecule has 1 heterocycles. The summed E-state index contributed by atoms with van der Waals surface area (Å²) in [5.74, 6) is 1.38. The van der Waals surface area contributed by atoms with Crippen LogP contribution in [0, 0.1) is 0 Å². The van der Waals surface area contributed by atoms with Crippen molar-refractivity contribution in [2.24, 2.45) is 0 Å². The summed E-state index contributed by atoms with van der Waals surface area (Å²) >= 11 is 0. The molecular formula is C21H22N6O. The largest absolute Gasteiger partial charge is 0.494 e. The van der Waals surface area contributed by atoms with Crippen LogP contribution in [0.4, 0.5) is 34.3 Å². The summed E-state index contributed by atoms with van der Waals surface area (Å²) in [6, 6.07) is 19.8. The van der Waals surface area contributed by atoms with E-state index in [0.717, 1.165) is 33.7 Å². The maximum atomic E-state index is 6.10. The Hall–Kier alpha value is -3.87. The summed E-state index contributed by atoms with van der Waals surface area (Å²) < 4.78 is 5.48. The lowest BCUT2D eigenvalue weighted by atomic mass is 10.2. The Balaban J connectivity index is 1.63. The number of H-pyrrole nitrogens is 1. The Morgan fingerprint density at radius 1 is 0.929 bits per heavy atom. The molecule has 0 spiro atoms. The van der Waals surface area contributed by atoms with E-state index >= 15 is 0 Å². The van der Waals surface area contributed by atoms with Gasteiger partial charge in [0.25, 0.3) is 0 Å². The molecule has 7 nitrogen and oxygen atoms in total. The van der Waals surface area contributed by atoms with E-state index in [1.165, 1.54) is 0 Å². The molecule has 0 atom stereocenters. The number of aromatic nitrogens is 2. The quantitative estimate of drug-likeness (QED) is 0.314. The summed E-state index contributed by atoms with van der Waals surface area (Å²) in [5, 5.41) is 18.2. The lowest BCUT2D eigenvalue weighted by Crippen LogP contribution is -2.01. The van der Waals surface area contributed by atoms with Gasteiger partial charge < -0.3 is 26.4 Å². The molecule has 3 aromatic carbocycles. The number of nitrogens with zero attached hydrogens (tertiary/aromatic N) is 1. The van der Waals surface area contributed by atoms with Crippen LogP contribution < -0.4 is 26.4 Å². The molecule has 0 unspecified atom stereocenters. The number of hydrogen-bond donors (Lipinski definition) is 5. The molecule has 6 N–H and O–H groups in total. The molecule has 0 radical (unpaired) electrons. The summed E-state index contributed by atoms with van der Waals surface area (Å²) in [5.41, 5.74) is 11.2. The number of ether oxygens (including phenoxy) is 1. The van der Waals surface area contributed by atoms with Gasteiger partial charge in [-0.1, -0.05) is 18.2 Å². The van der Waals surface area contributed by atoms with E-state index < -0.39 is 0 Å². The van der Waals surface area contributed by atoms with Crippen LogP contribution >= 0.6 is 0 Å². The van der Waals surface area contributed by atoms with Crippen LogP contribution in [0.25, 0.3) is 10.9 Å². The predicted octanol–water partition coefficient (Wildman–Crippen LogP) is 4.68. The second-order valence-corrected chi connectivity index (χ2v) is 6.34. The van der Waals surface area contributed by atoms with Crippen molar-refractivity contribution < 1.29 is 4.74 Å². The van der Waals surface area contributed by atoms with Gasteiger partial charge in [-0.25, -0.2) is 0 Å². The molecule has 28 heavy (non-hydrogen) atoms. The zero-order chi connectivity index (χ0) is 19.5. The number of aromatic amines is 1. The topological polar surface area (TPSA) is 100 Å². The molecule has 0 fully saturated rings. The van der Waals surface area contributed by atoms with Crippen LogP contribution in [0.2, 0.25) is 0 Å². The van der Waals surface area contributed by atoms with Crippen molar-refractivity contribution in [3.63, 3.8) is 0 Å². The molecule has 0 bridgehead atoms. The van der Waals surface area contributed by atoms with E-state index in [9.17, 15) is 0 Å². The Labute approximate surface area is 162 Å². The van der Waals surface area contributed by atoms with Crippen molar-refractivity contribution in [1.29, 1.82) is 0 Å². The van der Waals surface area contributed by atoms with E-state index in [-0.39, 0.29) is 0 Å². The second-order valence-electron chi connectivity index (χ2n) is 6.34. The number of rotatable bonds is 6. The molecule has 1 aromatic heterocycles. The highest BCUT2D eigenvalue weighted by atomic mass is 16.5. The van der Waals surface area contributed by atoms with E-state index in [4.69, 9.17) is 10.5 Å². The lowest BCUT2D eigenvalue weighted by molar-refractivity contribution is 0.417. The number of nitrogens with one attached hydrogen (secondary N) is 4. The Morgan fingerprint density at radius 3 is 2.50 bits per heavy atom. The molecular weight excluding hydrogens is 352 g/mol. The van der Waals surface area contributed by atoms with Gasteiger partial charge in [0.15, 0.2) is 5.82 Å². The average Bonchev–Trinajstić information content (AvgIpc) is 3.11. The summed E-state index contributed by atoms with van der Waals surface area (Å²) in [6.45, 7) is 0. The standard InChI is InChI=1S/C21H22N6O/c1-23-18-12-20(28-2)19(11-16(18)22)25-21-15-9-8-14(10-17(15)26-27-21)24-13-6-4-3-5-7-13/h3-12,23-24H,22H2,1-2H3,(H2,25,26,27). The van der Waals surface area contributed by atoms with Crippen LogP contribution in [0.15, 0.2) is 60.7 Å². The first-order valence-corrected chi connectivity index (χ1v) is 8.90. The van der Waals surface area contributed by atoms with Crippen LogP contribution in [0.5, 0.6) is 5.75 Å². The third-order valence-electron chi connectivity index (χ3n) is 4.52. The molecule has 0 amide bonds. The van der Waals surface area contributed by atoms with E-state index in [1.54, 1.807) is 7.11 Å². The van der Waals surface area contributed by atoms with E-state index in [0.29, 0.717) is 17.3 Å². The van der Waals surface area contributed by atoms with Gasteiger partial charge in [-0.2, -0.15) is 5.10 Å². The smallest absolute Gasteiger partial charge is 0.160 e. The number of nitrogen functional groups attached to an aromatic ring is 1. The van der Waals surface area contributed by atoms with Gasteiger partial charge in [0, 0.05) is 29.9 Å². The SMILES string of the molecule is CNc1cc(OC)c(Nc2n[nH]c3cc(Nc4ccccc4)ccc23)cc1N. The molecule has 0 aliphatic heterocycles. The van der Waals surface area contributed by atoms with Gasteiger partial charge in [-0.05, 0) is 36.4 Å². The molecule has 4 rings (SSSR count). The number of fused-ring (bicyclic) bond motifs is 1. The van der Waals surface area contributed by atoms with Crippen molar-refractivity contribution in [3.05, 3.63) is 60.7 Å². The fourth-order valence-corrected chi connectivity index (χ4v) is 3.09. The van der Waals surface area contributed by atoms with Gasteiger partial charge in [0.2, 0.25) is 0 Å². The van der Waals surface area contributed by atoms with Gasteiger partial charge >= 0.3 is 0 Å². The highest BCUT2D eigenvalue weighted by Crippen LogP contribution is 2.36. The minimum atomic E-state index is 0.625. The van der Waals surface area contributed by atoms with Crippen LogP contribution in [0.1, 0.15) is 0 Å². The third kappa shape index (κ3) is 3.37. The zero-order valence-electron chi connectivity index (χ0n) is 15.7. The lowest BCUT2D eigenvalue weighted by Gasteiger charge is -2.14. The highest BCUT2D eigenvalue weighted by Gasteiger charge is 2.12. The molecule has 0 saturated carbocycles. The number of para-hydroxylation sites is 1. The monoisotopic (exact) mass is 374 g/mol. The van der Waals surface area contributed by atoms with E-state index in [1.807, 2.05) is 67.7 Å².